The van der Waals surface area contributed by atoms with E-state index in [0.717, 1.165) is 87.2 Å². The van der Waals surface area contributed by atoms with Crippen LogP contribution in [0.4, 0.5) is 42.8 Å². The third kappa shape index (κ3) is 12.3. The number of alkyl carbamates (subject to hydrolysis) is 1. The molecule has 0 unspecified atom stereocenters. The summed E-state index contributed by atoms with van der Waals surface area (Å²) in [5.74, 6) is -5.92. The second kappa shape index (κ2) is 23.6. The smallest absolute Gasteiger partial charge is 0.407 e. The Bertz CT molecular complexity index is 4080. The van der Waals surface area contributed by atoms with Crippen LogP contribution in [-0.2, 0) is 31.4 Å². The number of nitrogens with two attached hydrogens (primary N) is 1. The minimum atomic E-state index is -4.32. The topological polar surface area (TPSA) is 218 Å². The lowest BCUT2D eigenvalue weighted by molar-refractivity contribution is 0.132. The molecule has 9 aromatic rings. The molecule has 1 amide bonds. The number of fused-ring (bicyclic) bond motifs is 2. The molecule has 0 radical (unpaired) electrons. The Morgan fingerprint density at radius 2 is 1.05 bits per heavy atom. The molecule has 4 heterocycles. The number of halogens is 6. The zero-order valence-corrected chi connectivity index (χ0v) is 45.7. The summed E-state index contributed by atoms with van der Waals surface area (Å²) in [6, 6.07) is 23.9. The predicted octanol–water partition coefficient (Wildman–Crippen LogP) is 11.5. The molecule has 24 heteroatoms. The maximum Gasteiger partial charge on any atom is 0.407 e. The van der Waals surface area contributed by atoms with E-state index in [1.165, 1.54) is 24.3 Å². The fourth-order valence-electron chi connectivity index (χ4n) is 10.2. The van der Waals surface area contributed by atoms with Gasteiger partial charge in [0, 0.05) is 70.6 Å². The van der Waals surface area contributed by atoms with Crippen LogP contribution in [0, 0.1) is 48.8 Å². The highest BCUT2D eigenvalue weighted by atomic mass is 32.2. The van der Waals surface area contributed by atoms with Gasteiger partial charge >= 0.3 is 6.09 Å². The zero-order chi connectivity index (χ0) is 58.0. The lowest BCUT2D eigenvalue weighted by atomic mass is 9.91. The summed E-state index contributed by atoms with van der Waals surface area (Å²) >= 11 is 0. The van der Waals surface area contributed by atoms with Crippen molar-refractivity contribution in [2.24, 2.45) is 5.73 Å². The number of nitrogens with one attached hydrogen (secondary N) is 3. The molecule has 2 fully saturated rings. The van der Waals surface area contributed by atoms with E-state index in [1.807, 2.05) is 30.3 Å². The van der Waals surface area contributed by atoms with E-state index in [-0.39, 0.29) is 96.8 Å². The highest BCUT2D eigenvalue weighted by molar-refractivity contribution is 7.90. The van der Waals surface area contributed by atoms with Gasteiger partial charge < -0.3 is 26.4 Å². The largest absolute Gasteiger partial charge is 0.445 e. The van der Waals surface area contributed by atoms with E-state index >= 15 is 8.78 Å². The summed E-state index contributed by atoms with van der Waals surface area (Å²) in [6.07, 6.45) is 9.34. The van der Waals surface area contributed by atoms with Gasteiger partial charge in [0.1, 0.15) is 29.3 Å². The van der Waals surface area contributed by atoms with Crippen molar-refractivity contribution in [1.29, 1.82) is 0 Å². The van der Waals surface area contributed by atoms with E-state index in [4.69, 9.17) is 10.5 Å². The number of carbonyl (C=O) groups excluding carboxylic acids is 1. The predicted molar refractivity (Wildman–Crippen MR) is 296 cm³/mol. The van der Waals surface area contributed by atoms with E-state index < -0.39 is 61.0 Å². The van der Waals surface area contributed by atoms with Gasteiger partial charge in [-0.05, 0) is 107 Å². The van der Waals surface area contributed by atoms with Crippen LogP contribution in [0.15, 0.2) is 138 Å². The minimum absolute atomic E-state index is 0.00322. The highest BCUT2D eigenvalue weighted by Crippen LogP contribution is 2.37. The van der Waals surface area contributed by atoms with Crippen LogP contribution in [0.2, 0.25) is 0 Å². The van der Waals surface area contributed by atoms with Crippen LogP contribution in [0.3, 0.4) is 0 Å². The molecule has 0 saturated heterocycles. The molecule has 4 atom stereocenters. The molecule has 82 heavy (non-hydrogen) atoms. The van der Waals surface area contributed by atoms with E-state index in [0.29, 0.717) is 37.8 Å². The van der Waals surface area contributed by atoms with Gasteiger partial charge in [0.25, 0.3) is 20.0 Å². The molecule has 5 N–H and O–H groups in total. The molecular formula is C58H54F6N10O6S2. The van der Waals surface area contributed by atoms with Crippen LogP contribution in [0.25, 0.3) is 44.6 Å². The molecule has 426 valence electrons. The monoisotopic (exact) mass is 1160 g/mol. The van der Waals surface area contributed by atoms with Crippen molar-refractivity contribution < 1.29 is 52.7 Å². The Morgan fingerprint density at radius 3 is 1.52 bits per heavy atom. The van der Waals surface area contributed by atoms with Crippen molar-refractivity contribution in [2.75, 3.05) is 10.6 Å². The molecular weight excluding hydrogens is 1110 g/mol. The molecule has 11 rings (SSSR count). The molecule has 4 aromatic heterocycles. The van der Waals surface area contributed by atoms with Gasteiger partial charge in [0.05, 0.1) is 22.2 Å². The number of amides is 1. The molecule has 5 aromatic carbocycles. The van der Waals surface area contributed by atoms with Crippen molar-refractivity contribution in [1.82, 2.24) is 33.2 Å². The fraction of sp³-hybridized carbons (Fsp3) is 0.259. The maximum absolute atomic E-state index is 15.2. The second-order valence-corrected chi connectivity index (χ2v) is 24.0. The van der Waals surface area contributed by atoms with Crippen LogP contribution in [0.1, 0.15) is 68.1 Å². The van der Waals surface area contributed by atoms with Crippen molar-refractivity contribution in [3.63, 3.8) is 0 Å². The first-order valence-electron chi connectivity index (χ1n) is 26.2. The van der Waals surface area contributed by atoms with E-state index in [2.05, 4.69) is 35.9 Å². The molecule has 16 nitrogen and oxygen atoms in total. The van der Waals surface area contributed by atoms with Gasteiger partial charge in [-0.25, -0.2) is 75.9 Å². The Balaban J connectivity index is 0.000000189. The zero-order valence-electron chi connectivity index (χ0n) is 44.1. The number of hydrogen-bond acceptors (Lipinski definition) is 13. The standard InChI is InChI=1S/C33H30F3N5O4S.C25H24F3N5O2S/c1-20-10-12-25(13-11-20)46(43,44)41-18-27(26-14-22(34)15-28(35)30(26)41)31-37-17-29(36)32(40-31)38-23-8-5-9-24(16-23)39-33(42)45-19-21-6-3-2-4-7-21;1-14-5-7-18(8-6-14)36(34,35)33-13-20(19-9-15(26)10-21(27)23(19)33)24-30-12-22(28)25(32-24)31-17-4-2-3-16(29)11-17/h2-4,6-7,10-15,17-18,23-24H,5,8-9,16,19H2,1H3,(H,39,42)(H,37,38,40);5-10,12-13,16-17H,2-4,11,29H2,1H3,(H,30,31,32)/t23-,24+;16-,17+/m10/s1. The first-order chi connectivity index (χ1) is 39.2. The lowest BCUT2D eigenvalue weighted by Gasteiger charge is -2.30. The van der Waals surface area contributed by atoms with Gasteiger partial charge in [0.15, 0.2) is 46.6 Å². The summed E-state index contributed by atoms with van der Waals surface area (Å²) in [4.78, 5) is 28.8. The Morgan fingerprint density at radius 1 is 0.598 bits per heavy atom. The van der Waals surface area contributed by atoms with Crippen LogP contribution in [0.5, 0.6) is 0 Å². The number of anilines is 2. The van der Waals surface area contributed by atoms with Crippen LogP contribution >= 0.6 is 0 Å². The third-order valence-electron chi connectivity index (χ3n) is 14.3. The van der Waals surface area contributed by atoms with Crippen molar-refractivity contribution >= 4 is 59.6 Å². The summed E-state index contributed by atoms with van der Waals surface area (Å²) in [5, 5.41) is 8.83. The Labute approximate surface area is 467 Å². The van der Waals surface area contributed by atoms with Gasteiger partial charge in [0.2, 0.25) is 0 Å². The third-order valence-corrected chi connectivity index (χ3v) is 17.6. The summed E-state index contributed by atoms with van der Waals surface area (Å²) in [6.45, 7) is 3.73. The summed E-state index contributed by atoms with van der Waals surface area (Å²) in [5.41, 5.74) is 7.86. The number of benzene rings is 5. The number of aryl methyl sites for hydroxylation is 2. The molecule has 2 saturated carbocycles. The Hall–Kier alpha value is -8.35. The van der Waals surface area contributed by atoms with E-state index in [9.17, 15) is 39.2 Å². The molecule has 0 bridgehead atoms. The minimum Gasteiger partial charge on any atom is -0.445 e. The van der Waals surface area contributed by atoms with Crippen molar-refractivity contribution in [2.45, 2.75) is 106 Å². The van der Waals surface area contributed by atoms with Crippen LogP contribution in [-0.4, -0.2) is 75.0 Å². The van der Waals surface area contributed by atoms with Crippen LogP contribution < -0.4 is 21.7 Å². The second-order valence-electron chi connectivity index (χ2n) is 20.3. The van der Waals surface area contributed by atoms with Gasteiger partial charge in [-0.2, -0.15) is 0 Å². The molecule has 2 aliphatic carbocycles. The number of hydrogen-bond donors (Lipinski definition) is 4. The number of nitrogens with zero attached hydrogens (tertiary/aromatic N) is 6. The molecule has 0 aliphatic heterocycles. The first kappa shape index (κ1) is 56.9. The number of carbonyl (C=O) groups is 1. The van der Waals surface area contributed by atoms with Gasteiger partial charge in [-0.3, -0.25) is 0 Å². The SMILES string of the molecule is Cc1ccc(S(=O)(=O)n2cc(-c3ncc(F)c(N[C@@H]4CCC[C@H](N)C4)n3)c3cc(F)cc(F)c32)cc1.Cc1ccc(S(=O)(=O)n2cc(-c3ncc(F)c(N[C@@H]4CCC[C@H](NC(=O)OCc5ccccc5)C4)n3)c3cc(F)cc(F)c32)cc1. The Kier molecular flexibility index (Phi) is 16.4. The normalized spacial score (nSPS) is 17.5. The molecule has 0 spiro atoms. The summed E-state index contributed by atoms with van der Waals surface area (Å²) in [7, 11) is -8.57. The van der Waals surface area contributed by atoms with Crippen molar-refractivity contribution in [3.05, 3.63) is 180 Å². The number of aromatic nitrogens is 6. The van der Waals surface area contributed by atoms with Gasteiger partial charge in [-0.1, -0.05) is 65.7 Å². The van der Waals surface area contributed by atoms with Gasteiger partial charge in [-0.15, -0.1) is 0 Å². The average Bonchev–Trinajstić information content (AvgIpc) is 2.65. The highest BCUT2D eigenvalue weighted by Gasteiger charge is 2.30. The summed E-state index contributed by atoms with van der Waals surface area (Å²) < 4.78 is 149. The van der Waals surface area contributed by atoms with E-state index in [1.54, 1.807) is 38.1 Å². The first-order valence-corrected chi connectivity index (χ1v) is 29.1. The quantitative estimate of drug-likeness (QED) is 0.0791. The lowest BCUT2D eigenvalue weighted by Crippen LogP contribution is -2.42. The average molecular weight is 1170 g/mol. The maximum atomic E-state index is 15.2. The number of ether oxygens (including phenoxy) is 1. The van der Waals surface area contributed by atoms with Crippen molar-refractivity contribution in [3.8, 4) is 22.8 Å². The fourth-order valence-corrected chi connectivity index (χ4v) is 13.0. The molecule has 2 aliphatic rings. The number of rotatable bonds is 13.